The second-order valence-electron chi connectivity index (χ2n) is 4.87. The molecule has 0 radical (unpaired) electrons. The average Bonchev–Trinajstić information content (AvgIpc) is 2.79. The van der Waals surface area contributed by atoms with Crippen LogP contribution in [0.3, 0.4) is 0 Å². The highest BCUT2D eigenvalue weighted by Gasteiger charge is 2.11. The molecule has 96 valence electrons. The van der Waals surface area contributed by atoms with Gasteiger partial charge in [0.25, 0.3) is 0 Å². The first-order chi connectivity index (χ1) is 8.58. The lowest BCUT2D eigenvalue weighted by Crippen LogP contribution is -2.24. The van der Waals surface area contributed by atoms with Crippen LogP contribution in [0.15, 0.2) is 24.5 Å². The molecule has 0 saturated heterocycles. The molecule has 0 spiro atoms. The lowest BCUT2D eigenvalue weighted by Gasteiger charge is -2.15. The lowest BCUT2D eigenvalue weighted by molar-refractivity contribution is 0.583. The third-order valence-corrected chi connectivity index (χ3v) is 2.86. The highest BCUT2D eigenvalue weighted by Crippen LogP contribution is 2.17. The van der Waals surface area contributed by atoms with E-state index >= 15 is 0 Å². The summed E-state index contributed by atoms with van der Waals surface area (Å²) in [5.74, 6) is 0.922. The number of hydrogen-bond acceptors (Lipinski definition) is 3. The Labute approximate surface area is 108 Å². The fraction of sp³-hybridized carbons (Fsp3) is 0.429. The molecule has 4 nitrogen and oxygen atoms in total. The van der Waals surface area contributed by atoms with Gasteiger partial charge in [-0.05, 0) is 31.5 Å². The maximum Gasteiger partial charge on any atom is 0.158 e. The van der Waals surface area contributed by atoms with Crippen molar-refractivity contribution in [1.82, 2.24) is 20.1 Å². The van der Waals surface area contributed by atoms with Crippen molar-refractivity contribution in [3.05, 3.63) is 41.3 Å². The van der Waals surface area contributed by atoms with Crippen molar-refractivity contribution in [3.8, 4) is 5.82 Å². The van der Waals surface area contributed by atoms with Gasteiger partial charge in [-0.2, -0.15) is 5.10 Å². The first-order valence-electron chi connectivity index (χ1n) is 6.28. The Bertz CT molecular complexity index is 515. The van der Waals surface area contributed by atoms with E-state index in [1.165, 1.54) is 11.1 Å². The second-order valence-corrected chi connectivity index (χ2v) is 4.87. The highest BCUT2D eigenvalue weighted by atomic mass is 15.3. The van der Waals surface area contributed by atoms with E-state index in [4.69, 9.17) is 0 Å². The zero-order chi connectivity index (χ0) is 13.1. The van der Waals surface area contributed by atoms with E-state index in [1.807, 2.05) is 23.9 Å². The molecule has 0 atom stereocenters. The Morgan fingerprint density at radius 2 is 2.11 bits per heavy atom. The van der Waals surface area contributed by atoms with Gasteiger partial charge >= 0.3 is 0 Å². The van der Waals surface area contributed by atoms with Crippen molar-refractivity contribution in [1.29, 1.82) is 0 Å². The molecule has 2 aromatic rings. The van der Waals surface area contributed by atoms with Gasteiger partial charge in [-0.3, -0.25) is 0 Å². The summed E-state index contributed by atoms with van der Waals surface area (Å²) >= 11 is 0. The zero-order valence-corrected chi connectivity index (χ0v) is 11.4. The van der Waals surface area contributed by atoms with Gasteiger partial charge in [0.15, 0.2) is 5.82 Å². The van der Waals surface area contributed by atoms with E-state index in [1.54, 1.807) is 6.20 Å². The van der Waals surface area contributed by atoms with Gasteiger partial charge < -0.3 is 5.32 Å². The molecular weight excluding hydrogens is 224 g/mol. The number of aromatic nitrogens is 3. The van der Waals surface area contributed by atoms with E-state index in [0.29, 0.717) is 6.04 Å². The molecule has 2 heterocycles. The molecule has 0 aromatic carbocycles. The maximum atomic E-state index is 4.61. The Hall–Kier alpha value is -1.68. The number of pyridine rings is 1. The minimum atomic E-state index is 0.455. The fourth-order valence-electron chi connectivity index (χ4n) is 1.95. The Morgan fingerprint density at radius 1 is 1.33 bits per heavy atom. The van der Waals surface area contributed by atoms with Crippen molar-refractivity contribution >= 4 is 0 Å². The van der Waals surface area contributed by atoms with Crippen LogP contribution in [0, 0.1) is 13.8 Å². The number of hydrogen-bond donors (Lipinski definition) is 1. The van der Waals surface area contributed by atoms with Crippen LogP contribution in [-0.4, -0.2) is 20.8 Å². The van der Waals surface area contributed by atoms with Gasteiger partial charge in [0.2, 0.25) is 0 Å². The molecule has 18 heavy (non-hydrogen) atoms. The first kappa shape index (κ1) is 12.8. The summed E-state index contributed by atoms with van der Waals surface area (Å²) in [6, 6.07) is 4.49. The average molecular weight is 244 g/mol. The van der Waals surface area contributed by atoms with E-state index in [9.17, 15) is 0 Å². The molecule has 2 rings (SSSR count). The summed E-state index contributed by atoms with van der Waals surface area (Å²) in [6.45, 7) is 9.24. The minimum Gasteiger partial charge on any atom is -0.310 e. The molecular formula is C14H20N4. The van der Waals surface area contributed by atoms with Crippen LogP contribution in [0.4, 0.5) is 0 Å². The molecule has 0 fully saturated rings. The Kier molecular flexibility index (Phi) is 3.77. The largest absolute Gasteiger partial charge is 0.310 e. The van der Waals surface area contributed by atoms with Crippen LogP contribution in [0.25, 0.3) is 5.82 Å². The predicted octanol–water partition coefficient (Wildman–Crippen LogP) is 2.38. The SMILES string of the molecule is Cc1cc(C)c(CNC(C)C)c(-n2cccn2)n1. The van der Waals surface area contributed by atoms with Crippen LogP contribution in [0.1, 0.15) is 30.7 Å². The van der Waals surface area contributed by atoms with Crippen LogP contribution in [0.2, 0.25) is 0 Å². The van der Waals surface area contributed by atoms with Crippen molar-refractivity contribution in [3.63, 3.8) is 0 Å². The monoisotopic (exact) mass is 244 g/mol. The van der Waals surface area contributed by atoms with E-state index in [-0.39, 0.29) is 0 Å². The van der Waals surface area contributed by atoms with Crippen molar-refractivity contribution in [2.45, 2.75) is 40.3 Å². The molecule has 0 amide bonds. The lowest BCUT2D eigenvalue weighted by atomic mass is 10.1. The number of aryl methyl sites for hydroxylation is 2. The molecule has 0 saturated carbocycles. The highest BCUT2D eigenvalue weighted by molar-refractivity contribution is 5.40. The van der Waals surface area contributed by atoms with Crippen LogP contribution >= 0.6 is 0 Å². The van der Waals surface area contributed by atoms with Gasteiger partial charge in [-0.15, -0.1) is 0 Å². The summed E-state index contributed by atoms with van der Waals surface area (Å²) in [5.41, 5.74) is 3.48. The topological polar surface area (TPSA) is 42.7 Å². The molecule has 1 N–H and O–H groups in total. The normalized spacial score (nSPS) is 11.2. The molecule has 0 bridgehead atoms. The molecule has 4 heteroatoms. The van der Waals surface area contributed by atoms with Gasteiger partial charge in [-0.1, -0.05) is 13.8 Å². The molecule has 2 aromatic heterocycles. The molecule has 0 aliphatic rings. The van der Waals surface area contributed by atoms with Gasteiger partial charge in [-0.25, -0.2) is 9.67 Å². The first-order valence-corrected chi connectivity index (χ1v) is 6.28. The van der Waals surface area contributed by atoms with Crippen molar-refractivity contribution in [2.24, 2.45) is 0 Å². The summed E-state index contributed by atoms with van der Waals surface area (Å²) in [6.07, 6.45) is 3.71. The summed E-state index contributed by atoms with van der Waals surface area (Å²) < 4.78 is 1.83. The molecule has 0 aliphatic heterocycles. The van der Waals surface area contributed by atoms with Crippen LogP contribution < -0.4 is 5.32 Å². The van der Waals surface area contributed by atoms with E-state index < -0.39 is 0 Å². The summed E-state index contributed by atoms with van der Waals surface area (Å²) in [7, 11) is 0. The van der Waals surface area contributed by atoms with Gasteiger partial charge in [0, 0.05) is 36.2 Å². The van der Waals surface area contributed by atoms with E-state index in [2.05, 4.69) is 42.2 Å². The molecule has 0 aliphatic carbocycles. The second kappa shape index (κ2) is 5.31. The maximum absolute atomic E-state index is 4.61. The Morgan fingerprint density at radius 3 is 2.72 bits per heavy atom. The predicted molar refractivity (Wildman–Crippen MR) is 72.8 cm³/mol. The zero-order valence-electron chi connectivity index (χ0n) is 11.4. The van der Waals surface area contributed by atoms with E-state index in [0.717, 1.165) is 18.1 Å². The number of rotatable bonds is 4. The number of nitrogens with zero attached hydrogens (tertiary/aromatic N) is 3. The van der Waals surface area contributed by atoms with Gasteiger partial charge in [0.1, 0.15) is 0 Å². The standard InChI is InChI=1S/C14H20N4/c1-10(2)15-9-13-11(3)8-12(4)17-14(13)18-7-5-6-16-18/h5-8,10,15H,9H2,1-4H3. The minimum absolute atomic E-state index is 0.455. The smallest absolute Gasteiger partial charge is 0.158 e. The quantitative estimate of drug-likeness (QED) is 0.898. The Balaban J connectivity index is 2.42. The van der Waals surface area contributed by atoms with Crippen LogP contribution in [0.5, 0.6) is 0 Å². The summed E-state index contributed by atoms with van der Waals surface area (Å²) in [5, 5.41) is 7.73. The number of nitrogens with one attached hydrogen (secondary N) is 1. The van der Waals surface area contributed by atoms with Crippen LogP contribution in [-0.2, 0) is 6.54 Å². The van der Waals surface area contributed by atoms with Gasteiger partial charge in [0.05, 0.1) is 0 Å². The fourth-order valence-corrected chi connectivity index (χ4v) is 1.95. The van der Waals surface area contributed by atoms with Crippen molar-refractivity contribution in [2.75, 3.05) is 0 Å². The third kappa shape index (κ3) is 2.76. The summed E-state index contributed by atoms with van der Waals surface area (Å²) in [4.78, 5) is 4.61. The van der Waals surface area contributed by atoms with Crippen molar-refractivity contribution < 1.29 is 0 Å². The molecule has 0 unspecified atom stereocenters. The third-order valence-electron chi connectivity index (χ3n) is 2.86.